The third kappa shape index (κ3) is 2.66. The quantitative estimate of drug-likeness (QED) is 0.154. The molecule has 7 aromatic carbocycles. The van der Waals surface area contributed by atoms with E-state index in [-0.39, 0.29) is 0 Å². The molecule has 0 unspecified atom stereocenters. The molecule has 44 heavy (non-hydrogen) atoms. The molecule has 4 heteroatoms. The van der Waals surface area contributed by atoms with Gasteiger partial charge in [0.2, 0.25) is 0 Å². The Balaban J connectivity index is 1.59. The van der Waals surface area contributed by atoms with Crippen LogP contribution in [0, 0.1) is 0 Å². The minimum atomic E-state index is 1.17. The molecule has 3 nitrogen and oxygen atoms in total. The molecule has 0 saturated carbocycles. The van der Waals surface area contributed by atoms with Crippen molar-refractivity contribution in [1.29, 1.82) is 0 Å². The van der Waals surface area contributed by atoms with E-state index in [1.54, 1.807) is 0 Å². The van der Waals surface area contributed by atoms with Crippen molar-refractivity contribution in [2.75, 3.05) is 0 Å². The Labute approximate surface area is 264 Å². The molecule has 11 rings (SSSR count). The molecule has 4 aromatic heterocycles. The lowest BCUT2D eigenvalue weighted by molar-refractivity contribution is 1.18. The van der Waals surface area contributed by atoms with Crippen LogP contribution in [-0.4, -0.2) is 11.7 Å². The zero-order chi connectivity index (χ0) is 28.7. The molecule has 0 aliphatic heterocycles. The van der Waals surface area contributed by atoms with Crippen LogP contribution < -0.4 is 0 Å². The first-order valence-corrected chi connectivity index (χ1v) is 16.0. The van der Waals surface area contributed by atoms with Crippen LogP contribution in [0.2, 0.25) is 0 Å². The average molecular weight is 672 g/mol. The Morgan fingerprint density at radius 1 is 0.386 bits per heavy atom. The van der Waals surface area contributed by atoms with Crippen molar-refractivity contribution in [1.82, 2.24) is 11.7 Å². The van der Waals surface area contributed by atoms with Crippen LogP contribution in [0.3, 0.4) is 0 Å². The Kier molecular flexibility index (Phi) is 4.30. The molecule has 0 bridgehead atoms. The van der Waals surface area contributed by atoms with Gasteiger partial charge in [-0.05, 0) is 47.2 Å². The van der Waals surface area contributed by atoms with Gasteiger partial charge in [0.1, 0.15) is 0 Å². The van der Waals surface area contributed by atoms with Crippen molar-refractivity contribution in [2.45, 2.75) is 0 Å². The summed E-state index contributed by atoms with van der Waals surface area (Å²) in [5, 5.41) is 12.9. The summed E-state index contributed by atoms with van der Waals surface area (Å²) in [6, 6.07) is 49.2. The van der Waals surface area contributed by atoms with Gasteiger partial charge in [0, 0.05) is 48.8 Å². The van der Waals surface area contributed by atoms with Gasteiger partial charge in [-0.3, -0.25) is 2.78 Å². The second-order valence-electron chi connectivity index (χ2n) is 11.9. The molecule has 0 aliphatic carbocycles. The highest BCUT2D eigenvalue weighted by Crippen LogP contribution is 2.49. The number of aromatic nitrogens is 3. The van der Waals surface area contributed by atoms with Gasteiger partial charge in [0.25, 0.3) is 0 Å². The molecule has 0 spiro atoms. The van der Waals surface area contributed by atoms with Gasteiger partial charge in [0.05, 0.1) is 61.5 Å². The van der Waals surface area contributed by atoms with Crippen LogP contribution in [0.5, 0.6) is 0 Å². The highest BCUT2D eigenvalue weighted by Gasteiger charge is 2.26. The van der Waals surface area contributed by atoms with Gasteiger partial charge >= 0.3 is 0 Å². The van der Waals surface area contributed by atoms with E-state index in [1.807, 2.05) is 0 Å². The number of hydrogen-bond donors (Lipinski definition) is 0. The first-order valence-electron chi connectivity index (χ1n) is 15.0. The van der Waals surface area contributed by atoms with Crippen molar-refractivity contribution >= 4 is 115 Å². The lowest BCUT2D eigenvalue weighted by atomic mass is 9.97. The van der Waals surface area contributed by atoms with Gasteiger partial charge in [-0.2, -0.15) is 0 Å². The molecule has 0 radical (unpaired) electrons. The van der Waals surface area contributed by atoms with Crippen molar-refractivity contribution in [2.24, 2.45) is 0 Å². The molecular weight excluding hydrogens is 649 g/mol. The summed E-state index contributed by atoms with van der Waals surface area (Å²) < 4.78 is 7.46. The summed E-state index contributed by atoms with van der Waals surface area (Å²) in [7, 11) is 0. The molecular formula is C40H22IN3. The third-order valence-corrected chi connectivity index (χ3v) is 10.8. The maximum absolute atomic E-state index is 2.56. The second-order valence-corrected chi connectivity index (χ2v) is 12.9. The lowest BCUT2D eigenvalue weighted by Gasteiger charge is -2.10. The monoisotopic (exact) mass is 671 g/mol. The summed E-state index contributed by atoms with van der Waals surface area (Å²) in [6.07, 6.45) is 0. The molecule has 4 heterocycles. The number of fused-ring (bicyclic) bond motifs is 11. The van der Waals surface area contributed by atoms with E-state index in [9.17, 15) is 0 Å². The molecule has 0 amide bonds. The number of para-hydroxylation sites is 4. The Morgan fingerprint density at radius 3 is 1.89 bits per heavy atom. The average Bonchev–Trinajstić information content (AvgIpc) is 3.66. The van der Waals surface area contributed by atoms with Crippen LogP contribution in [0.4, 0.5) is 0 Å². The van der Waals surface area contributed by atoms with E-state index in [2.05, 4.69) is 168 Å². The van der Waals surface area contributed by atoms with Crippen LogP contribution in [0.1, 0.15) is 0 Å². The number of halogens is 1. The molecule has 0 aliphatic rings. The Hall–Kier alpha value is -5.07. The number of benzene rings is 7. The number of rotatable bonds is 1. The standard InChI is InChI=1S/C40H22IN3/c41-44-34-21-23-11-4-5-14-25(23)35-29-18-10-17-28-26-15-6-9-20-32(26)43(38(28)29)33-22-30-27-16-7-8-19-31(27)42(24-12-2-1-3-13-24)39(30)40(44)37(33)36(34)35/h1-22H. The van der Waals surface area contributed by atoms with Crippen LogP contribution in [0.25, 0.3) is 98.2 Å². The third-order valence-electron chi connectivity index (χ3n) is 9.82. The van der Waals surface area contributed by atoms with Crippen LogP contribution in [0.15, 0.2) is 133 Å². The molecule has 0 N–H and O–H groups in total. The highest BCUT2D eigenvalue weighted by molar-refractivity contribution is 14.1. The summed E-state index contributed by atoms with van der Waals surface area (Å²) in [5.74, 6) is 0. The van der Waals surface area contributed by atoms with E-state index >= 15 is 0 Å². The highest BCUT2D eigenvalue weighted by atomic mass is 127. The molecule has 204 valence electrons. The van der Waals surface area contributed by atoms with Gasteiger partial charge in [-0.25, -0.2) is 0 Å². The Morgan fingerprint density at radius 2 is 1.05 bits per heavy atom. The zero-order valence-electron chi connectivity index (χ0n) is 23.4. The van der Waals surface area contributed by atoms with Crippen molar-refractivity contribution in [3.8, 4) is 5.69 Å². The lowest BCUT2D eigenvalue weighted by Crippen LogP contribution is -1.95. The zero-order valence-corrected chi connectivity index (χ0v) is 25.6. The first-order chi connectivity index (χ1) is 21.8. The fourth-order valence-corrected chi connectivity index (χ4v) is 9.01. The second kappa shape index (κ2) is 8.10. The molecule has 0 fully saturated rings. The van der Waals surface area contributed by atoms with Gasteiger partial charge < -0.3 is 8.97 Å². The summed E-state index contributed by atoms with van der Waals surface area (Å²) in [4.78, 5) is 0. The molecule has 0 saturated heterocycles. The maximum Gasteiger partial charge on any atom is 0.0858 e. The van der Waals surface area contributed by atoms with Crippen LogP contribution in [-0.2, 0) is 0 Å². The molecule has 0 atom stereocenters. The van der Waals surface area contributed by atoms with Crippen molar-refractivity contribution in [3.63, 3.8) is 0 Å². The molecule has 11 aromatic rings. The van der Waals surface area contributed by atoms with E-state index in [0.717, 1.165) is 0 Å². The topological polar surface area (TPSA) is 14.3 Å². The summed E-state index contributed by atoms with van der Waals surface area (Å²) in [6.45, 7) is 0. The predicted octanol–water partition coefficient (Wildman–Crippen LogP) is 11.4. The minimum Gasteiger partial charge on any atom is -0.308 e. The van der Waals surface area contributed by atoms with Gasteiger partial charge in [-0.1, -0.05) is 97.1 Å². The SMILES string of the molecule is In1c2cc3ccccc3c3c4cccc5c6ccccc6n(c6cc7c8ccccc8n(-c8ccccc8)c7c1c6c32)c54. The fourth-order valence-electron chi connectivity index (χ4n) is 8.16. The van der Waals surface area contributed by atoms with E-state index in [0.29, 0.717) is 0 Å². The van der Waals surface area contributed by atoms with Crippen molar-refractivity contribution in [3.05, 3.63) is 133 Å². The smallest absolute Gasteiger partial charge is 0.0858 e. The van der Waals surface area contributed by atoms with Crippen molar-refractivity contribution < 1.29 is 0 Å². The normalized spacial score (nSPS) is 12.7. The van der Waals surface area contributed by atoms with E-state index in [1.165, 1.54) is 98.2 Å². The van der Waals surface area contributed by atoms with E-state index < -0.39 is 0 Å². The minimum absolute atomic E-state index is 1.17. The predicted molar refractivity (Wildman–Crippen MR) is 195 cm³/mol. The van der Waals surface area contributed by atoms with E-state index in [4.69, 9.17) is 0 Å². The van der Waals surface area contributed by atoms with Gasteiger partial charge in [-0.15, -0.1) is 0 Å². The summed E-state index contributed by atoms with van der Waals surface area (Å²) in [5.41, 5.74) is 9.92. The fraction of sp³-hybridized carbons (Fsp3) is 0. The summed E-state index contributed by atoms with van der Waals surface area (Å²) >= 11 is 2.56. The number of nitrogens with zero attached hydrogens (tertiary/aromatic N) is 3. The van der Waals surface area contributed by atoms with Gasteiger partial charge in [0.15, 0.2) is 0 Å². The number of hydrogen-bond acceptors (Lipinski definition) is 0. The maximum atomic E-state index is 2.56. The first kappa shape index (κ1) is 23.4. The Bertz CT molecular complexity index is 2990. The largest absolute Gasteiger partial charge is 0.308 e. The van der Waals surface area contributed by atoms with Crippen LogP contribution >= 0.6 is 22.9 Å².